The molecule has 1 unspecified atom stereocenters. The Morgan fingerprint density at radius 3 is 2.54 bits per heavy atom. The molecule has 0 bridgehead atoms. The topological polar surface area (TPSA) is 40.1 Å². The second kappa shape index (κ2) is 5.04. The van der Waals surface area contributed by atoms with Gasteiger partial charge in [-0.3, -0.25) is 4.21 Å². The van der Waals surface area contributed by atoms with Gasteiger partial charge in [0.15, 0.2) is 0 Å². The first kappa shape index (κ1) is 11.9. The fourth-order valence-corrected chi connectivity index (χ4v) is 2.70. The lowest BCUT2D eigenvalue weighted by molar-refractivity contribution is 0.537. The van der Waals surface area contributed by atoms with Crippen LogP contribution in [0.15, 0.2) is 23.1 Å². The van der Waals surface area contributed by atoms with E-state index in [0.29, 0.717) is 6.83 Å². The molecule has 1 atom stereocenters. The Hall–Kier alpha value is 0.790. The van der Waals surface area contributed by atoms with Gasteiger partial charge in [-0.2, -0.15) is 0 Å². The monoisotopic (exact) mass is 421 g/mol. The van der Waals surface area contributed by atoms with E-state index in [1.807, 2.05) is 13.0 Å². The van der Waals surface area contributed by atoms with E-state index in [9.17, 15) is 8.76 Å². The van der Waals surface area contributed by atoms with E-state index in [1.54, 1.807) is 12.1 Å². The van der Waals surface area contributed by atoms with Crippen LogP contribution in [0.2, 0.25) is 0 Å². The molecule has 0 aromatic heterocycles. The molecule has 0 spiro atoms. The summed E-state index contributed by atoms with van der Waals surface area (Å²) in [5, 5.41) is 0. The quantitative estimate of drug-likeness (QED) is 0.419. The second-order valence-corrected chi connectivity index (χ2v) is 8.37. The Kier molecular flexibility index (Phi) is 4.59. The SMILES string of the molecule is Cc1ccc(S(=O)[O-])cc1C(I)I. The molecule has 5 heteroatoms. The summed E-state index contributed by atoms with van der Waals surface area (Å²) >= 11 is 2.40. The molecule has 0 heterocycles. The molecule has 0 aliphatic carbocycles. The van der Waals surface area contributed by atoms with E-state index in [2.05, 4.69) is 45.2 Å². The number of hydrogen-bond acceptors (Lipinski definition) is 2. The maximum atomic E-state index is 10.7. The standard InChI is InChI=1S/C8H8I2O2S/c1-5-2-3-6(13(11)12)4-7(5)8(9)10/h2-4,8H,1H3,(H,11,12)/p-1. The lowest BCUT2D eigenvalue weighted by atomic mass is 10.1. The van der Waals surface area contributed by atoms with Crippen molar-refractivity contribution in [1.82, 2.24) is 0 Å². The zero-order valence-corrected chi connectivity index (χ0v) is 11.9. The molecule has 0 amide bonds. The summed E-state index contributed by atoms with van der Waals surface area (Å²) < 4.78 is 21.7. The van der Waals surface area contributed by atoms with Crippen LogP contribution < -0.4 is 0 Å². The molecule has 0 radical (unpaired) electrons. The van der Waals surface area contributed by atoms with E-state index in [-0.39, 0.29) is 0 Å². The fourth-order valence-electron chi connectivity index (χ4n) is 0.957. The Balaban J connectivity index is 3.19. The van der Waals surface area contributed by atoms with Gasteiger partial charge in [-0.05, 0) is 41.3 Å². The average Bonchev–Trinajstić information content (AvgIpc) is 2.04. The van der Waals surface area contributed by atoms with Gasteiger partial charge in [0, 0.05) is 4.90 Å². The van der Waals surface area contributed by atoms with Crippen molar-refractivity contribution in [3.63, 3.8) is 0 Å². The van der Waals surface area contributed by atoms with Crippen molar-refractivity contribution in [1.29, 1.82) is 0 Å². The van der Waals surface area contributed by atoms with Gasteiger partial charge in [0.25, 0.3) is 0 Å². The Bertz CT molecular complexity index is 339. The summed E-state index contributed by atoms with van der Waals surface area (Å²) in [5.74, 6) is 0. The summed E-state index contributed by atoms with van der Waals surface area (Å²) in [5.41, 5.74) is 2.20. The molecule has 2 nitrogen and oxygen atoms in total. The summed E-state index contributed by atoms with van der Waals surface area (Å²) in [6, 6.07) is 5.18. The second-order valence-electron chi connectivity index (χ2n) is 2.55. The van der Waals surface area contributed by atoms with Gasteiger partial charge >= 0.3 is 0 Å². The molecular weight excluding hydrogens is 414 g/mol. The van der Waals surface area contributed by atoms with Crippen LogP contribution in [-0.4, -0.2) is 8.76 Å². The molecule has 0 fully saturated rings. The highest BCUT2D eigenvalue weighted by atomic mass is 127. The molecular formula is C8H7I2O2S-. The summed E-state index contributed by atoms with van der Waals surface area (Å²) in [6.45, 7) is 1.98. The summed E-state index contributed by atoms with van der Waals surface area (Å²) in [6.07, 6.45) is 0. The molecule has 72 valence electrons. The highest BCUT2D eigenvalue weighted by molar-refractivity contribution is 14.2. The molecule has 1 aromatic rings. The van der Waals surface area contributed by atoms with Crippen molar-refractivity contribution in [2.75, 3.05) is 0 Å². The van der Waals surface area contributed by atoms with E-state index in [0.717, 1.165) is 11.1 Å². The molecule has 0 N–H and O–H groups in total. The van der Waals surface area contributed by atoms with Crippen LogP contribution in [0.1, 0.15) is 13.1 Å². The minimum Gasteiger partial charge on any atom is -0.768 e. The third-order valence-electron chi connectivity index (χ3n) is 1.68. The Morgan fingerprint density at radius 1 is 1.46 bits per heavy atom. The van der Waals surface area contributed by atoms with Crippen molar-refractivity contribution in [2.24, 2.45) is 0 Å². The first-order chi connectivity index (χ1) is 6.02. The maximum absolute atomic E-state index is 10.7. The van der Waals surface area contributed by atoms with Crippen LogP contribution in [0.3, 0.4) is 0 Å². The fraction of sp³-hybridized carbons (Fsp3) is 0.250. The van der Waals surface area contributed by atoms with Gasteiger partial charge in [0.1, 0.15) is 0 Å². The molecule has 0 aliphatic heterocycles. The third-order valence-corrected chi connectivity index (χ3v) is 3.66. The van der Waals surface area contributed by atoms with Gasteiger partial charge in [-0.25, -0.2) is 0 Å². The zero-order chi connectivity index (χ0) is 10.0. The van der Waals surface area contributed by atoms with E-state index < -0.39 is 11.1 Å². The number of hydrogen-bond donors (Lipinski definition) is 0. The maximum Gasteiger partial charge on any atom is 0.0877 e. The summed E-state index contributed by atoms with van der Waals surface area (Å²) in [7, 11) is 0. The van der Waals surface area contributed by atoms with E-state index in [4.69, 9.17) is 0 Å². The lowest BCUT2D eigenvalue weighted by Crippen LogP contribution is -1.93. The number of alkyl halides is 2. The van der Waals surface area contributed by atoms with Crippen LogP contribution in [0, 0.1) is 6.92 Å². The van der Waals surface area contributed by atoms with Crippen LogP contribution in [0.5, 0.6) is 0 Å². The Morgan fingerprint density at radius 2 is 2.08 bits per heavy atom. The molecule has 1 rings (SSSR count). The predicted molar refractivity (Wildman–Crippen MR) is 69.1 cm³/mol. The highest BCUT2D eigenvalue weighted by Crippen LogP contribution is 2.33. The number of rotatable bonds is 2. The van der Waals surface area contributed by atoms with Crippen molar-refractivity contribution >= 4 is 56.3 Å². The largest absolute Gasteiger partial charge is 0.768 e. The Labute approximate surface area is 107 Å². The van der Waals surface area contributed by atoms with Crippen LogP contribution in [-0.2, 0) is 11.1 Å². The van der Waals surface area contributed by atoms with Gasteiger partial charge in [-0.1, -0.05) is 51.2 Å². The average molecular weight is 421 g/mol. The van der Waals surface area contributed by atoms with E-state index >= 15 is 0 Å². The van der Waals surface area contributed by atoms with Crippen LogP contribution in [0.25, 0.3) is 0 Å². The minimum atomic E-state index is -2.12. The normalized spacial score (nSPS) is 13.3. The van der Waals surface area contributed by atoms with Crippen molar-refractivity contribution < 1.29 is 8.76 Å². The molecule has 0 saturated carbocycles. The lowest BCUT2D eigenvalue weighted by Gasteiger charge is -2.11. The molecule has 1 aromatic carbocycles. The zero-order valence-electron chi connectivity index (χ0n) is 6.79. The molecule has 0 aliphatic rings. The van der Waals surface area contributed by atoms with E-state index in [1.165, 1.54) is 0 Å². The minimum absolute atomic E-state index is 0.304. The number of halogens is 2. The van der Waals surface area contributed by atoms with Crippen molar-refractivity contribution in [2.45, 2.75) is 13.8 Å². The number of benzene rings is 1. The van der Waals surface area contributed by atoms with Gasteiger partial charge < -0.3 is 4.55 Å². The molecule has 0 saturated heterocycles. The van der Waals surface area contributed by atoms with Crippen LogP contribution >= 0.6 is 45.2 Å². The predicted octanol–water partition coefficient (Wildman–Crippen LogP) is 3.10. The van der Waals surface area contributed by atoms with Crippen molar-refractivity contribution in [3.8, 4) is 0 Å². The van der Waals surface area contributed by atoms with Crippen LogP contribution in [0.4, 0.5) is 0 Å². The first-order valence-corrected chi connectivity index (χ1v) is 7.07. The van der Waals surface area contributed by atoms with Crippen molar-refractivity contribution in [3.05, 3.63) is 29.3 Å². The van der Waals surface area contributed by atoms with Gasteiger partial charge in [0.05, 0.1) is 1.93 Å². The van der Waals surface area contributed by atoms with Gasteiger partial charge in [-0.15, -0.1) is 0 Å². The van der Waals surface area contributed by atoms with Gasteiger partial charge in [0.2, 0.25) is 0 Å². The summed E-state index contributed by atoms with van der Waals surface area (Å²) in [4.78, 5) is 0.360. The smallest absolute Gasteiger partial charge is 0.0877 e. The highest BCUT2D eigenvalue weighted by Gasteiger charge is 2.06. The third kappa shape index (κ3) is 3.14. The molecule has 13 heavy (non-hydrogen) atoms. The first-order valence-electron chi connectivity index (χ1n) is 3.50. The number of aryl methyl sites for hydroxylation is 1.